The second-order valence-electron chi connectivity index (χ2n) is 16.2. The Balaban J connectivity index is 0.880. The van der Waals surface area contributed by atoms with E-state index >= 15 is 0 Å². The zero-order valence-corrected chi connectivity index (χ0v) is 34.8. The summed E-state index contributed by atoms with van der Waals surface area (Å²) in [5.74, 6) is 0.960. The fraction of sp³-hybridized carbons (Fsp3) is 0.277. The molecule has 4 heterocycles. The predicted molar refractivity (Wildman–Crippen MR) is 226 cm³/mol. The van der Waals surface area contributed by atoms with E-state index in [1.807, 2.05) is 32.3 Å². The number of aromatic nitrogens is 8. The van der Waals surface area contributed by atoms with Crippen molar-refractivity contribution in [1.29, 1.82) is 5.26 Å². The smallest absolute Gasteiger partial charge is 0.418 e. The van der Waals surface area contributed by atoms with Crippen molar-refractivity contribution in [3.63, 3.8) is 0 Å². The normalized spacial score (nSPS) is 16.2. The monoisotopic (exact) mass is 887 g/mol. The van der Waals surface area contributed by atoms with Gasteiger partial charge in [0.1, 0.15) is 40.6 Å². The first-order valence-electron chi connectivity index (χ1n) is 20.8. The highest BCUT2D eigenvalue weighted by molar-refractivity contribution is 5.83. The number of hydrogen-bond acceptors (Lipinski definition) is 7. The molecular weight excluding hydrogens is 851 g/mol. The highest BCUT2D eigenvalue weighted by atomic mass is 19.4. The van der Waals surface area contributed by atoms with Gasteiger partial charge in [-0.3, -0.25) is 4.68 Å². The number of ether oxygens (including phenoxy) is 2. The molecule has 2 atom stereocenters. The standard InChI is InChI=1S/C47H37F6N10O2/c1-27-15-31-21-59-62(32-22-56-60(2)24-32)40(31)17-43(27)65-42-8-4-6-38-36(42)14-11-30(45(38)47(51,52)53)19-55-26-61-25-33(23-57-61)63-39-16-34(12-9-29(39)20-58-63)64-41-7-3-5-37-35(41)13-10-28(18-54)44(37)46(48,49)50/h9-17,20-25,41-42H,3-8,26H2,1-2H3/q+1/t41-,42+/m1/s1. The van der Waals surface area contributed by atoms with Crippen LogP contribution in [0.5, 0.6) is 11.5 Å². The molecule has 0 fully saturated rings. The minimum atomic E-state index is -4.69. The molecule has 2 aliphatic rings. The number of aryl methyl sites for hydroxylation is 2. The van der Waals surface area contributed by atoms with Crippen LogP contribution in [0, 0.1) is 24.3 Å². The first-order chi connectivity index (χ1) is 31.2. The largest absolute Gasteiger partial charge is 0.486 e. The third kappa shape index (κ3) is 7.68. The van der Waals surface area contributed by atoms with Gasteiger partial charge < -0.3 is 9.47 Å². The van der Waals surface area contributed by atoms with Gasteiger partial charge in [0.15, 0.2) is 0 Å². The van der Waals surface area contributed by atoms with Gasteiger partial charge in [-0.05, 0) is 104 Å². The van der Waals surface area contributed by atoms with Gasteiger partial charge in [-0.15, -0.1) is 0 Å². The minimum absolute atomic E-state index is 0.0819. The van der Waals surface area contributed by atoms with Crippen LogP contribution in [-0.2, 0) is 38.9 Å². The fourth-order valence-corrected chi connectivity index (χ4v) is 9.13. The Morgan fingerprint density at radius 3 is 1.98 bits per heavy atom. The van der Waals surface area contributed by atoms with E-state index in [9.17, 15) is 31.6 Å². The molecule has 0 amide bonds. The zero-order chi connectivity index (χ0) is 45.2. The number of benzene rings is 4. The number of nitrogens with zero attached hydrogens (tertiary/aromatic N) is 10. The van der Waals surface area contributed by atoms with Crippen LogP contribution in [0.3, 0.4) is 0 Å². The van der Waals surface area contributed by atoms with Gasteiger partial charge in [-0.2, -0.15) is 56.7 Å². The van der Waals surface area contributed by atoms with Crippen molar-refractivity contribution in [2.24, 2.45) is 7.05 Å². The van der Waals surface area contributed by atoms with Crippen LogP contribution in [0.1, 0.15) is 88.0 Å². The van der Waals surface area contributed by atoms with Gasteiger partial charge in [0.2, 0.25) is 0 Å². The summed E-state index contributed by atoms with van der Waals surface area (Å²) in [4.78, 5) is 4.25. The van der Waals surface area contributed by atoms with Crippen molar-refractivity contribution in [3.05, 3.63) is 147 Å². The Labute approximate surface area is 366 Å². The molecule has 10 rings (SSSR count). The molecule has 328 valence electrons. The highest BCUT2D eigenvalue weighted by Gasteiger charge is 2.41. The van der Waals surface area contributed by atoms with Crippen LogP contribution in [0.4, 0.5) is 26.3 Å². The van der Waals surface area contributed by atoms with Crippen molar-refractivity contribution >= 4 is 21.8 Å². The van der Waals surface area contributed by atoms with Gasteiger partial charge in [-0.25, -0.2) is 9.36 Å². The second-order valence-corrected chi connectivity index (χ2v) is 16.2. The van der Waals surface area contributed by atoms with E-state index < -0.39 is 41.3 Å². The molecule has 0 saturated carbocycles. The molecule has 0 saturated heterocycles. The van der Waals surface area contributed by atoms with Gasteiger partial charge in [0.05, 0.1) is 71.0 Å². The molecule has 65 heavy (non-hydrogen) atoms. The van der Waals surface area contributed by atoms with E-state index in [0.29, 0.717) is 59.5 Å². The van der Waals surface area contributed by atoms with Crippen molar-refractivity contribution in [1.82, 2.24) is 39.1 Å². The van der Waals surface area contributed by atoms with E-state index in [1.165, 1.54) is 29.1 Å². The SMILES string of the molecule is Cc1cc2cnn(-c3cnn(C)c3)c2cc1O[C@H]1CCCc2c1ccc(C#[N+]Cn1cc(-n3ncc4ccc(O[C@@H]5CCCc6c5ccc(C#N)c6C(F)(F)F)cc43)cn1)c2C(F)(F)F. The average molecular weight is 888 g/mol. The lowest BCUT2D eigenvalue weighted by molar-refractivity contribution is -0.139. The molecular formula is C47H37F6N10O2+. The summed E-state index contributed by atoms with van der Waals surface area (Å²) in [5.41, 5.74) is 2.35. The topological polar surface area (TPSA) is 118 Å². The highest BCUT2D eigenvalue weighted by Crippen LogP contribution is 2.45. The number of hydrogen-bond donors (Lipinski definition) is 0. The molecule has 4 aromatic heterocycles. The van der Waals surface area contributed by atoms with Crippen LogP contribution < -0.4 is 9.47 Å². The van der Waals surface area contributed by atoms with Gasteiger partial charge in [0, 0.05) is 30.0 Å². The van der Waals surface area contributed by atoms with Crippen LogP contribution in [0.25, 0.3) is 38.0 Å². The van der Waals surface area contributed by atoms with Crippen LogP contribution in [0.15, 0.2) is 91.8 Å². The summed E-state index contributed by atoms with van der Waals surface area (Å²) >= 11 is 0. The van der Waals surface area contributed by atoms with Crippen LogP contribution in [-0.4, -0.2) is 39.1 Å². The van der Waals surface area contributed by atoms with Crippen molar-refractivity contribution in [2.45, 2.75) is 76.7 Å². The lowest BCUT2D eigenvalue weighted by Crippen LogP contribution is -2.21. The predicted octanol–water partition coefficient (Wildman–Crippen LogP) is 10.8. The fourth-order valence-electron chi connectivity index (χ4n) is 9.13. The van der Waals surface area contributed by atoms with Crippen LogP contribution in [0.2, 0.25) is 0 Å². The molecule has 8 aromatic rings. The van der Waals surface area contributed by atoms with E-state index in [-0.39, 0.29) is 36.2 Å². The molecule has 0 radical (unpaired) electrons. The van der Waals surface area contributed by atoms with Gasteiger partial charge in [0.25, 0.3) is 0 Å². The summed E-state index contributed by atoms with van der Waals surface area (Å²) in [6.07, 6.45) is 1.80. The Morgan fingerprint density at radius 2 is 1.32 bits per heavy atom. The summed E-state index contributed by atoms with van der Waals surface area (Å²) in [7, 11) is 1.81. The summed E-state index contributed by atoms with van der Waals surface area (Å²) in [6.45, 7) is 1.76. The molecule has 18 heteroatoms. The quantitative estimate of drug-likeness (QED) is 0.146. The maximum Gasteiger partial charge on any atom is 0.418 e. The molecule has 4 aromatic carbocycles. The third-order valence-corrected chi connectivity index (χ3v) is 12.0. The zero-order valence-electron chi connectivity index (χ0n) is 34.8. The number of rotatable bonds is 7. The maximum atomic E-state index is 14.9. The number of fused-ring (bicyclic) bond motifs is 4. The number of nitriles is 1. The van der Waals surface area contributed by atoms with Gasteiger partial charge in [-0.1, -0.05) is 17.0 Å². The minimum Gasteiger partial charge on any atom is -0.486 e. The molecule has 2 aliphatic carbocycles. The van der Waals surface area contributed by atoms with Crippen LogP contribution >= 0.6 is 0 Å². The second kappa shape index (κ2) is 15.9. The Hall–Kier alpha value is -7.60. The first-order valence-corrected chi connectivity index (χ1v) is 20.8. The van der Waals surface area contributed by atoms with Crippen molar-refractivity contribution in [3.8, 4) is 35.0 Å². The number of alkyl halides is 6. The molecule has 0 bridgehead atoms. The Bertz CT molecular complexity index is 3270. The molecule has 12 nitrogen and oxygen atoms in total. The molecule has 0 spiro atoms. The van der Waals surface area contributed by atoms with E-state index in [2.05, 4.69) is 31.3 Å². The molecule has 0 unspecified atom stereocenters. The Kier molecular flexibility index (Phi) is 10.1. The van der Waals surface area contributed by atoms with E-state index in [0.717, 1.165) is 27.5 Å². The van der Waals surface area contributed by atoms with Gasteiger partial charge >= 0.3 is 25.1 Å². The summed E-state index contributed by atoms with van der Waals surface area (Å²) in [6, 6.07) is 19.2. The maximum absolute atomic E-state index is 14.9. The summed E-state index contributed by atoms with van der Waals surface area (Å²) < 4.78 is 106. The van der Waals surface area contributed by atoms with E-state index in [4.69, 9.17) is 9.47 Å². The Morgan fingerprint density at radius 1 is 0.708 bits per heavy atom. The third-order valence-electron chi connectivity index (χ3n) is 12.0. The van der Waals surface area contributed by atoms with Crippen molar-refractivity contribution in [2.75, 3.05) is 0 Å². The lowest BCUT2D eigenvalue weighted by atomic mass is 9.84. The van der Waals surface area contributed by atoms with E-state index in [1.54, 1.807) is 69.2 Å². The average Bonchev–Trinajstić information content (AvgIpc) is 4.10. The van der Waals surface area contributed by atoms with Crippen molar-refractivity contribution < 1.29 is 35.8 Å². The number of halogens is 6. The molecule has 0 N–H and O–H groups in total. The molecule has 0 aliphatic heterocycles. The summed E-state index contributed by atoms with van der Waals surface area (Å²) in [5, 5.41) is 28.6. The first kappa shape index (κ1) is 41.4. The lowest BCUT2D eigenvalue weighted by Gasteiger charge is -2.29.